The lowest BCUT2D eigenvalue weighted by atomic mass is 9.90. The van der Waals surface area contributed by atoms with Crippen LogP contribution in [0, 0.1) is 5.92 Å². The van der Waals surface area contributed by atoms with Crippen LogP contribution in [0.5, 0.6) is 0 Å². The van der Waals surface area contributed by atoms with Crippen molar-refractivity contribution < 1.29 is 0 Å². The Kier molecular flexibility index (Phi) is 3.62. The predicted molar refractivity (Wildman–Crippen MR) is 55.9 cm³/mol. The zero-order chi connectivity index (χ0) is 8.93. The molecule has 13 heavy (non-hydrogen) atoms. The van der Waals surface area contributed by atoms with E-state index >= 15 is 0 Å². The Morgan fingerprint density at radius 3 is 2.31 bits per heavy atom. The molecule has 76 valence electrons. The van der Waals surface area contributed by atoms with Crippen molar-refractivity contribution >= 4 is 0 Å². The van der Waals surface area contributed by atoms with Crippen LogP contribution in [0.3, 0.4) is 0 Å². The Morgan fingerprint density at radius 2 is 1.69 bits per heavy atom. The average Bonchev–Trinajstić information content (AvgIpc) is 2.11. The van der Waals surface area contributed by atoms with E-state index in [1.165, 1.54) is 58.2 Å². The van der Waals surface area contributed by atoms with Gasteiger partial charge in [-0.3, -0.25) is 0 Å². The first-order chi connectivity index (χ1) is 6.45. The van der Waals surface area contributed by atoms with Crippen LogP contribution < -0.4 is 10.6 Å². The van der Waals surface area contributed by atoms with Crippen LogP contribution >= 0.6 is 0 Å². The van der Waals surface area contributed by atoms with Crippen LogP contribution in [-0.4, -0.2) is 25.7 Å². The summed E-state index contributed by atoms with van der Waals surface area (Å²) in [6, 6.07) is 0.877. The van der Waals surface area contributed by atoms with Gasteiger partial charge in [-0.2, -0.15) is 0 Å². The van der Waals surface area contributed by atoms with E-state index in [0.29, 0.717) is 0 Å². The first-order valence-corrected chi connectivity index (χ1v) is 5.89. The minimum Gasteiger partial charge on any atom is -0.317 e. The lowest BCUT2D eigenvalue weighted by Crippen LogP contribution is -2.42. The highest BCUT2D eigenvalue weighted by atomic mass is 15.0. The molecule has 0 amide bonds. The van der Waals surface area contributed by atoms with E-state index in [9.17, 15) is 0 Å². The summed E-state index contributed by atoms with van der Waals surface area (Å²) in [5, 5.41) is 6.89. The van der Waals surface area contributed by atoms with E-state index in [0.717, 1.165) is 12.0 Å². The molecule has 2 fully saturated rings. The molecular weight excluding hydrogens is 160 g/mol. The second-order valence-corrected chi connectivity index (χ2v) is 4.56. The van der Waals surface area contributed by atoms with Crippen molar-refractivity contribution in [3.63, 3.8) is 0 Å². The van der Waals surface area contributed by atoms with Gasteiger partial charge in [0.1, 0.15) is 0 Å². The summed E-state index contributed by atoms with van der Waals surface area (Å²) in [4.78, 5) is 0. The number of hydrogen-bond donors (Lipinski definition) is 2. The molecular formula is C11H22N2. The van der Waals surface area contributed by atoms with Gasteiger partial charge in [0, 0.05) is 6.04 Å². The maximum absolute atomic E-state index is 3.47. The molecule has 2 aliphatic heterocycles. The summed E-state index contributed by atoms with van der Waals surface area (Å²) >= 11 is 0. The Bertz CT molecular complexity index is 137. The van der Waals surface area contributed by atoms with Crippen molar-refractivity contribution in [2.24, 2.45) is 5.92 Å². The third-order valence-electron chi connectivity index (χ3n) is 3.55. The zero-order valence-corrected chi connectivity index (χ0v) is 8.52. The maximum Gasteiger partial charge on any atom is 0.00791 e. The average molecular weight is 182 g/mol. The highest BCUT2D eigenvalue weighted by Gasteiger charge is 2.17. The molecule has 0 aromatic rings. The summed E-state index contributed by atoms with van der Waals surface area (Å²) in [5.74, 6) is 1.03. The fourth-order valence-electron chi connectivity index (χ4n) is 2.42. The lowest BCUT2D eigenvalue weighted by molar-refractivity contribution is 0.303. The van der Waals surface area contributed by atoms with E-state index in [2.05, 4.69) is 10.6 Å². The van der Waals surface area contributed by atoms with Crippen LogP contribution in [0.4, 0.5) is 0 Å². The SMILES string of the molecule is C(CC1CCNCC1)CC1CCN1. The van der Waals surface area contributed by atoms with E-state index in [4.69, 9.17) is 0 Å². The fraction of sp³-hybridized carbons (Fsp3) is 1.00. The summed E-state index contributed by atoms with van der Waals surface area (Å²) in [7, 11) is 0. The normalized spacial score (nSPS) is 30.0. The standard InChI is InChI=1S/C11H22N2/c1(3-11-6-9-13-11)2-10-4-7-12-8-5-10/h10-13H,1-9H2. The molecule has 0 aromatic carbocycles. The van der Waals surface area contributed by atoms with Gasteiger partial charge in [-0.25, -0.2) is 0 Å². The van der Waals surface area contributed by atoms with Crippen LogP contribution in [0.15, 0.2) is 0 Å². The van der Waals surface area contributed by atoms with Gasteiger partial charge < -0.3 is 10.6 Å². The minimum absolute atomic E-state index is 0.877. The van der Waals surface area contributed by atoms with Gasteiger partial charge in [-0.1, -0.05) is 12.8 Å². The highest BCUT2D eigenvalue weighted by Crippen LogP contribution is 2.20. The molecule has 2 heteroatoms. The summed E-state index contributed by atoms with van der Waals surface area (Å²) < 4.78 is 0. The smallest absolute Gasteiger partial charge is 0.00791 e. The van der Waals surface area contributed by atoms with Crippen molar-refractivity contribution in [2.45, 2.75) is 44.6 Å². The monoisotopic (exact) mass is 182 g/mol. The molecule has 2 rings (SSSR count). The molecule has 0 aromatic heterocycles. The first kappa shape index (κ1) is 9.47. The van der Waals surface area contributed by atoms with Crippen LogP contribution in [0.25, 0.3) is 0 Å². The topological polar surface area (TPSA) is 24.1 Å². The third kappa shape index (κ3) is 2.96. The third-order valence-corrected chi connectivity index (χ3v) is 3.55. The number of piperidine rings is 1. The predicted octanol–water partition coefficient (Wildman–Crippen LogP) is 1.52. The van der Waals surface area contributed by atoms with Crippen LogP contribution in [0.2, 0.25) is 0 Å². The summed E-state index contributed by atoms with van der Waals surface area (Å²) in [6.45, 7) is 3.77. The van der Waals surface area contributed by atoms with E-state index in [1.54, 1.807) is 0 Å². The van der Waals surface area contributed by atoms with Crippen molar-refractivity contribution in [1.82, 2.24) is 10.6 Å². The molecule has 0 radical (unpaired) electrons. The van der Waals surface area contributed by atoms with Gasteiger partial charge in [-0.05, 0) is 51.2 Å². The van der Waals surface area contributed by atoms with Gasteiger partial charge in [-0.15, -0.1) is 0 Å². The van der Waals surface area contributed by atoms with E-state index in [1.807, 2.05) is 0 Å². The molecule has 0 aliphatic carbocycles. The Balaban J connectivity index is 1.50. The number of rotatable bonds is 4. The van der Waals surface area contributed by atoms with Crippen molar-refractivity contribution in [1.29, 1.82) is 0 Å². The molecule has 0 saturated carbocycles. The molecule has 1 atom stereocenters. The lowest BCUT2D eigenvalue weighted by Gasteiger charge is -2.29. The zero-order valence-electron chi connectivity index (χ0n) is 8.52. The molecule has 0 bridgehead atoms. The molecule has 2 aliphatic rings. The van der Waals surface area contributed by atoms with Gasteiger partial charge in [0.25, 0.3) is 0 Å². The Morgan fingerprint density at radius 1 is 0.923 bits per heavy atom. The van der Waals surface area contributed by atoms with Crippen molar-refractivity contribution in [3.05, 3.63) is 0 Å². The van der Waals surface area contributed by atoms with Crippen LogP contribution in [0.1, 0.15) is 38.5 Å². The van der Waals surface area contributed by atoms with Crippen LogP contribution in [-0.2, 0) is 0 Å². The van der Waals surface area contributed by atoms with E-state index in [-0.39, 0.29) is 0 Å². The molecule has 2 saturated heterocycles. The quantitative estimate of drug-likeness (QED) is 0.689. The maximum atomic E-state index is 3.47. The molecule has 2 N–H and O–H groups in total. The fourth-order valence-corrected chi connectivity index (χ4v) is 2.42. The van der Waals surface area contributed by atoms with Crippen molar-refractivity contribution in [2.75, 3.05) is 19.6 Å². The first-order valence-electron chi connectivity index (χ1n) is 5.89. The van der Waals surface area contributed by atoms with Gasteiger partial charge in [0.15, 0.2) is 0 Å². The minimum atomic E-state index is 0.877. The molecule has 2 heterocycles. The molecule has 1 unspecified atom stereocenters. The summed E-state index contributed by atoms with van der Waals surface area (Å²) in [6.07, 6.45) is 8.59. The van der Waals surface area contributed by atoms with Crippen molar-refractivity contribution in [3.8, 4) is 0 Å². The van der Waals surface area contributed by atoms with Gasteiger partial charge in [0.05, 0.1) is 0 Å². The number of nitrogens with one attached hydrogen (secondary N) is 2. The second kappa shape index (κ2) is 4.97. The summed E-state index contributed by atoms with van der Waals surface area (Å²) in [5.41, 5.74) is 0. The molecule has 2 nitrogen and oxygen atoms in total. The Hall–Kier alpha value is -0.0800. The van der Waals surface area contributed by atoms with Gasteiger partial charge in [0.2, 0.25) is 0 Å². The highest BCUT2D eigenvalue weighted by molar-refractivity contribution is 4.77. The second-order valence-electron chi connectivity index (χ2n) is 4.56. The molecule has 0 spiro atoms. The Labute approximate surface area is 81.5 Å². The van der Waals surface area contributed by atoms with E-state index < -0.39 is 0 Å². The number of hydrogen-bond acceptors (Lipinski definition) is 2. The van der Waals surface area contributed by atoms with Gasteiger partial charge >= 0.3 is 0 Å². The largest absolute Gasteiger partial charge is 0.317 e.